The largest absolute Gasteiger partial charge is 0.492 e. The average molecular weight is 245 g/mol. The zero-order valence-electron chi connectivity index (χ0n) is 8.81. The predicted molar refractivity (Wildman–Crippen MR) is 57.1 cm³/mol. The molecule has 0 amide bonds. The van der Waals surface area contributed by atoms with Crippen molar-refractivity contribution in [1.29, 1.82) is 0 Å². The molecular weight excluding hydrogens is 233 g/mol. The van der Waals surface area contributed by atoms with Gasteiger partial charge in [0.2, 0.25) is 10.0 Å². The summed E-state index contributed by atoms with van der Waals surface area (Å²) in [4.78, 5) is 0. The van der Waals surface area contributed by atoms with E-state index in [4.69, 9.17) is 4.74 Å². The second kappa shape index (κ2) is 4.03. The number of hydrogen-bond donors (Lipinski definition) is 0. The molecule has 0 spiro atoms. The van der Waals surface area contributed by atoms with Gasteiger partial charge in [-0.1, -0.05) is 0 Å². The Labute approximate surface area is 93.7 Å². The number of sulfonamides is 1. The van der Waals surface area contributed by atoms with Gasteiger partial charge in [0.05, 0.1) is 6.26 Å². The third-order valence-electron chi connectivity index (χ3n) is 2.44. The normalized spacial score (nSPS) is 17.4. The lowest BCUT2D eigenvalue weighted by Crippen LogP contribution is -2.31. The molecule has 0 unspecified atom stereocenters. The van der Waals surface area contributed by atoms with Crippen LogP contribution in [0.2, 0.25) is 0 Å². The van der Waals surface area contributed by atoms with Crippen molar-refractivity contribution in [2.45, 2.75) is 6.54 Å². The van der Waals surface area contributed by atoms with Crippen molar-refractivity contribution in [3.8, 4) is 5.75 Å². The molecule has 2 rings (SSSR count). The summed E-state index contributed by atoms with van der Waals surface area (Å²) >= 11 is 0. The topological polar surface area (TPSA) is 46.6 Å². The molecule has 0 saturated heterocycles. The molecule has 6 heteroatoms. The van der Waals surface area contributed by atoms with Gasteiger partial charge in [0.15, 0.2) is 0 Å². The lowest BCUT2D eigenvalue weighted by Gasteiger charge is -2.16. The first kappa shape index (κ1) is 11.3. The first-order valence-corrected chi connectivity index (χ1v) is 6.68. The van der Waals surface area contributed by atoms with Gasteiger partial charge in [-0.05, 0) is 18.2 Å². The van der Waals surface area contributed by atoms with Crippen molar-refractivity contribution < 1.29 is 17.5 Å². The van der Waals surface area contributed by atoms with Gasteiger partial charge in [-0.3, -0.25) is 0 Å². The minimum Gasteiger partial charge on any atom is -0.492 e. The summed E-state index contributed by atoms with van der Waals surface area (Å²) in [7, 11) is -3.27. The van der Waals surface area contributed by atoms with E-state index < -0.39 is 15.8 Å². The molecule has 0 N–H and O–H groups in total. The van der Waals surface area contributed by atoms with Crippen molar-refractivity contribution >= 4 is 10.0 Å². The molecule has 1 aromatic rings. The molecule has 0 radical (unpaired) electrons. The van der Waals surface area contributed by atoms with Gasteiger partial charge < -0.3 is 4.74 Å². The van der Waals surface area contributed by atoms with Gasteiger partial charge in [-0.15, -0.1) is 0 Å². The van der Waals surface area contributed by atoms with Gasteiger partial charge in [0, 0.05) is 18.7 Å². The van der Waals surface area contributed by atoms with Crippen molar-refractivity contribution in [1.82, 2.24) is 4.31 Å². The van der Waals surface area contributed by atoms with Crippen LogP contribution in [0.15, 0.2) is 18.2 Å². The maximum atomic E-state index is 13.0. The maximum absolute atomic E-state index is 13.0. The van der Waals surface area contributed by atoms with E-state index in [0.717, 1.165) is 6.26 Å². The van der Waals surface area contributed by atoms with Crippen LogP contribution in [0.4, 0.5) is 4.39 Å². The first-order valence-electron chi connectivity index (χ1n) is 4.83. The molecule has 0 saturated carbocycles. The van der Waals surface area contributed by atoms with Crippen LogP contribution >= 0.6 is 0 Å². The minimum atomic E-state index is -3.27. The molecule has 0 aliphatic carbocycles. The number of halogens is 1. The van der Waals surface area contributed by atoms with E-state index in [1.165, 1.54) is 22.5 Å². The number of ether oxygens (including phenoxy) is 1. The number of fused-ring (bicyclic) bond motifs is 1. The molecule has 1 heterocycles. The summed E-state index contributed by atoms with van der Waals surface area (Å²) in [6, 6.07) is 4.13. The van der Waals surface area contributed by atoms with Gasteiger partial charge in [0.25, 0.3) is 0 Å². The highest BCUT2D eigenvalue weighted by Gasteiger charge is 2.22. The average Bonchev–Trinajstić information content (AvgIpc) is 2.38. The Hall–Kier alpha value is -1.14. The van der Waals surface area contributed by atoms with Crippen molar-refractivity contribution in [2.75, 3.05) is 19.4 Å². The fraction of sp³-hybridized carbons (Fsp3) is 0.400. The van der Waals surface area contributed by atoms with E-state index in [-0.39, 0.29) is 19.7 Å². The Morgan fingerprint density at radius 1 is 1.44 bits per heavy atom. The lowest BCUT2D eigenvalue weighted by molar-refractivity contribution is 0.293. The summed E-state index contributed by atoms with van der Waals surface area (Å²) in [5.41, 5.74) is 0.558. The van der Waals surface area contributed by atoms with Crippen molar-refractivity contribution in [3.63, 3.8) is 0 Å². The zero-order valence-corrected chi connectivity index (χ0v) is 9.63. The van der Waals surface area contributed by atoms with E-state index in [1.807, 2.05) is 0 Å². The quantitative estimate of drug-likeness (QED) is 0.741. The molecule has 0 bridgehead atoms. The van der Waals surface area contributed by atoms with Crippen LogP contribution in [0.5, 0.6) is 5.75 Å². The van der Waals surface area contributed by atoms with Crippen LogP contribution in [-0.4, -0.2) is 32.1 Å². The minimum absolute atomic E-state index is 0.159. The molecule has 1 aliphatic rings. The van der Waals surface area contributed by atoms with Crippen LogP contribution in [0.25, 0.3) is 0 Å². The molecule has 16 heavy (non-hydrogen) atoms. The van der Waals surface area contributed by atoms with Crippen LogP contribution in [0, 0.1) is 5.82 Å². The molecule has 0 atom stereocenters. The zero-order chi connectivity index (χ0) is 11.8. The van der Waals surface area contributed by atoms with E-state index in [2.05, 4.69) is 0 Å². The molecule has 1 aromatic carbocycles. The molecule has 88 valence electrons. The number of rotatable bonds is 1. The second-order valence-electron chi connectivity index (χ2n) is 3.70. The SMILES string of the molecule is CS(=O)(=O)N1CCOc2ccc(F)cc2C1. The van der Waals surface area contributed by atoms with Crippen LogP contribution < -0.4 is 4.74 Å². The lowest BCUT2D eigenvalue weighted by atomic mass is 10.2. The van der Waals surface area contributed by atoms with E-state index >= 15 is 0 Å². The molecular formula is C10H12FNO3S. The highest BCUT2D eigenvalue weighted by Crippen LogP contribution is 2.24. The summed E-state index contributed by atoms with van der Waals surface area (Å²) < 4.78 is 42.5. The summed E-state index contributed by atoms with van der Waals surface area (Å²) in [6.07, 6.45) is 1.14. The number of benzene rings is 1. The van der Waals surface area contributed by atoms with E-state index in [1.54, 1.807) is 0 Å². The fourth-order valence-electron chi connectivity index (χ4n) is 1.62. The molecule has 0 fully saturated rings. The summed E-state index contributed by atoms with van der Waals surface area (Å²) in [5, 5.41) is 0. The third kappa shape index (κ3) is 2.33. The smallest absolute Gasteiger partial charge is 0.211 e. The highest BCUT2D eigenvalue weighted by molar-refractivity contribution is 7.88. The molecule has 0 aromatic heterocycles. The van der Waals surface area contributed by atoms with Crippen molar-refractivity contribution in [2.24, 2.45) is 0 Å². The third-order valence-corrected chi connectivity index (χ3v) is 3.69. The highest BCUT2D eigenvalue weighted by atomic mass is 32.2. The fourth-order valence-corrected chi connectivity index (χ4v) is 2.40. The van der Waals surface area contributed by atoms with Gasteiger partial charge in [0.1, 0.15) is 18.2 Å². The number of hydrogen-bond acceptors (Lipinski definition) is 3. The van der Waals surface area contributed by atoms with Crippen LogP contribution in [0.1, 0.15) is 5.56 Å². The molecule has 1 aliphatic heterocycles. The van der Waals surface area contributed by atoms with Gasteiger partial charge in [-0.25, -0.2) is 12.8 Å². The Morgan fingerprint density at radius 3 is 2.88 bits per heavy atom. The predicted octanol–water partition coefficient (Wildman–Crippen LogP) is 0.980. The second-order valence-corrected chi connectivity index (χ2v) is 5.68. The van der Waals surface area contributed by atoms with Gasteiger partial charge in [-0.2, -0.15) is 4.31 Å². The maximum Gasteiger partial charge on any atom is 0.211 e. The Balaban J connectivity index is 2.37. The Bertz CT molecular complexity index is 501. The van der Waals surface area contributed by atoms with Crippen molar-refractivity contribution in [3.05, 3.63) is 29.6 Å². The van der Waals surface area contributed by atoms with Crippen LogP contribution in [0.3, 0.4) is 0 Å². The standard InChI is InChI=1S/C10H12FNO3S/c1-16(13,14)12-4-5-15-10-3-2-9(11)6-8(10)7-12/h2-3,6H,4-5,7H2,1H3. The van der Waals surface area contributed by atoms with E-state index in [0.29, 0.717) is 11.3 Å². The Kier molecular flexibility index (Phi) is 2.86. The molecule has 4 nitrogen and oxygen atoms in total. The van der Waals surface area contributed by atoms with E-state index in [9.17, 15) is 12.8 Å². The monoisotopic (exact) mass is 245 g/mol. The van der Waals surface area contributed by atoms with Gasteiger partial charge >= 0.3 is 0 Å². The summed E-state index contributed by atoms with van der Waals surface area (Å²) in [6.45, 7) is 0.729. The first-order chi connectivity index (χ1) is 7.47. The summed E-state index contributed by atoms with van der Waals surface area (Å²) in [5.74, 6) is 0.158. The number of nitrogens with zero attached hydrogens (tertiary/aromatic N) is 1. The Morgan fingerprint density at radius 2 is 2.19 bits per heavy atom. The van der Waals surface area contributed by atoms with Crippen LogP contribution in [-0.2, 0) is 16.6 Å².